The van der Waals surface area contributed by atoms with Crippen molar-refractivity contribution in [2.75, 3.05) is 0 Å². The number of aldehydes is 1. The van der Waals surface area contributed by atoms with Gasteiger partial charge in [-0.25, -0.2) is 0 Å². The van der Waals surface area contributed by atoms with Crippen molar-refractivity contribution in [1.29, 1.82) is 0 Å². The van der Waals surface area contributed by atoms with Gasteiger partial charge in [-0.05, 0) is 22.8 Å². The molecule has 3 aromatic rings. The molecule has 24 heavy (non-hydrogen) atoms. The number of nitrogens with zero attached hydrogens (tertiary/aromatic N) is 2. The lowest BCUT2D eigenvalue weighted by atomic mass is 9.90. The van der Waals surface area contributed by atoms with E-state index >= 15 is 0 Å². The average Bonchev–Trinajstić information content (AvgIpc) is 3.17. The van der Waals surface area contributed by atoms with Crippen molar-refractivity contribution in [2.45, 2.75) is 12.5 Å². The molecular formula is C19H16N4O. The summed E-state index contributed by atoms with van der Waals surface area (Å²) in [7, 11) is 0. The largest absolute Gasteiger partial charge is 0.301 e. The zero-order chi connectivity index (χ0) is 16.4. The summed E-state index contributed by atoms with van der Waals surface area (Å²) in [6.07, 6.45) is 5.24. The van der Waals surface area contributed by atoms with Crippen molar-refractivity contribution in [2.24, 2.45) is 5.10 Å². The topological polar surface area (TPSA) is 70.1 Å². The van der Waals surface area contributed by atoms with E-state index < -0.39 is 6.04 Å². The number of H-pyrrole nitrogens is 1. The number of carbonyl (C=O) groups is 1. The molecule has 1 aliphatic heterocycles. The number of aromatic nitrogens is 2. The standard InChI is InChI=1S/C19H16N4O/c24-12-19-16-7-6-14(15-10-20-21-11-15)9-17(16)18(22-23-19)8-13-4-2-1-3-5-13/h1-7,9-12,19,23H,8H2,(H,20,21). The number of hydrogen-bond donors (Lipinski definition) is 2. The Hall–Kier alpha value is -3.21. The number of nitrogens with one attached hydrogen (secondary N) is 2. The molecule has 1 aliphatic rings. The van der Waals surface area contributed by atoms with Crippen molar-refractivity contribution in [3.05, 3.63) is 77.6 Å². The first-order valence-corrected chi connectivity index (χ1v) is 7.80. The Morgan fingerprint density at radius 1 is 1.08 bits per heavy atom. The molecule has 0 aliphatic carbocycles. The number of hydrazone groups is 1. The maximum absolute atomic E-state index is 11.4. The van der Waals surface area contributed by atoms with Gasteiger partial charge in [-0.15, -0.1) is 0 Å². The van der Waals surface area contributed by atoms with Crippen molar-refractivity contribution in [3.63, 3.8) is 0 Å². The second-order valence-corrected chi connectivity index (χ2v) is 5.75. The molecule has 0 fully saturated rings. The van der Waals surface area contributed by atoms with E-state index in [1.54, 1.807) is 6.20 Å². The van der Waals surface area contributed by atoms with Crippen LogP contribution in [0.25, 0.3) is 11.1 Å². The van der Waals surface area contributed by atoms with Crippen LogP contribution in [0.5, 0.6) is 0 Å². The van der Waals surface area contributed by atoms with Crippen molar-refractivity contribution in [1.82, 2.24) is 15.6 Å². The molecule has 4 rings (SSSR count). The Labute approximate surface area is 139 Å². The highest BCUT2D eigenvalue weighted by atomic mass is 16.1. The number of benzene rings is 2. The quantitative estimate of drug-likeness (QED) is 0.727. The maximum Gasteiger partial charge on any atom is 0.148 e. The minimum Gasteiger partial charge on any atom is -0.301 e. The molecule has 1 aromatic heterocycles. The average molecular weight is 316 g/mol. The van der Waals surface area contributed by atoms with Gasteiger partial charge in [-0.1, -0.05) is 42.5 Å². The summed E-state index contributed by atoms with van der Waals surface area (Å²) >= 11 is 0. The Kier molecular flexibility index (Phi) is 3.67. The molecule has 1 unspecified atom stereocenters. The summed E-state index contributed by atoms with van der Waals surface area (Å²) < 4.78 is 0. The van der Waals surface area contributed by atoms with Crippen molar-refractivity contribution < 1.29 is 4.79 Å². The summed E-state index contributed by atoms with van der Waals surface area (Å²) in [5, 5.41) is 11.3. The van der Waals surface area contributed by atoms with E-state index in [0.717, 1.165) is 34.3 Å². The van der Waals surface area contributed by atoms with Gasteiger partial charge >= 0.3 is 0 Å². The normalized spacial score (nSPS) is 16.0. The summed E-state index contributed by atoms with van der Waals surface area (Å²) in [4.78, 5) is 11.4. The molecule has 118 valence electrons. The number of fused-ring (bicyclic) bond motifs is 1. The van der Waals surface area contributed by atoms with Crippen molar-refractivity contribution in [3.8, 4) is 11.1 Å². The highest BCUT2D eigenvalue weighted by molar-refractivity contribution is 6.05. The highest BCUT2D eigenvalue weighted by Gasteiger charge is 2.23. The van der Waals surface area contributed by atoms with Crippen LogP contribution in [0, 0.1) is 0 Å². The van der Waals surface area contributed by atoms with E-state index in [0.29, 0.717) is 6.42 Å². The predicted molar refractivity (Wildman–Crippen MR) is 92.6 cm³/mol. The summed E-state index contributed by atoms with van der Waals surface area (Å²) in [6.45, 7) is 0. The third-order valence-corrected chi connectivity index (χ3v) is 4.22. The predicted octanol–water partition coefficient (Wildman–Crippen LogP) is 2.87. The summed E-state index contributed by atoms with van der Waals surface area (Å²) in [6, 6.07) is 15.9. The van der Waals surface area contributed by atoms with Crippen LogP contribution in [0.1, 0.15) is 22.7 Å². The first-order valence-electron chi connectivity index (χ1n) is 7.80. The molecule has 5 heteroatoms. The first kappa shape index (κ1) is 14.4. The van der Waals surface area contributed by atoms with E-state index in [9.17, 15) is 4.79 Å². The van der Waals surface area contributed by atoms with Gasteiger partial charge in [0.05, 0.1) is 11.9 Å². The molecule has 2 heterocycles. The van der Waals surface area contributed by atoms with E-state index in [2.05, 4.69) is 38.9 Å². The van der Waals surface area contributed by atoms with Crippen LogP contribution in [0.2, 0.25) is 0 Å². The Morgan fingerprint density at radius 2 is 1.96 bits per heavy atom. The lowest BCUT2D eigenvalue weighted by molar-refractivity contribution is -0.109. The van der Waals surface area contributed by atoms with Gasteiger partial charge in [0.1, 0.15) is 12.3 Å². The van der Waals surface area contributed by atoms with Gasteiger partial charge in [0.25, 0.3) is 0 Å². The summed E-state index contributed by atoms with van der Waals surface area (Å²) in [5.41, 5.74) is 9.09. The molecule has 1 atom stereocenters. The molecule has 2 aromatic carbocycles. The Morgan fingerprint density at radius 3 is 2.71 bits per heavy atom. The number of rotatable bonds is 4. The number of aromatic amines is 1. The maximum atomic E-state index is 11.4. The molecule has 0 saturated heterocycles. The molecule has 0 radical (unpaired) electrons. The molecule has 0 spiro atoms. The zero-order valence-corrected chi connectivity index (χ0v) is 12.9. The van der Waals surface area contributed by atoms with E-state index in [1.807, 2.05) is 36.5 Å². The molecule has 2 N–H and O–H groups in total. The minimum absolute atomic E-state index is 0.405. The monoisotopic (exact) mass is 316 g/mol. The van der Waals surface area contributed by atoms with E-state index in [4.69, 9.17) is 0 Å². The third-order valence-electron chi connectivity index (χ3n) is 4.22. The molecule has 0 saturated carbocycles. The lowest BCUT2D eigenvalue weighted by Gasteiger charge is -2.23. The fourth-order valence-electron chi connectivity index (χ4n) is 2.97. The van der Waals surface area contributed by atoms with Crippen molar-refractivity contribution >= 4 is 12.0 Å². The first-order chi connectivity index (χ1) is 11.8. The van der Waals surface area contributed by atoms with Crippen LogP contribution in [0.4, 0.5) is 0 Å². The number of carbonyl (C=O) groups excluding carboxylic acids is 1. The third kappa shape index (κ3) is 2.60. The molecule has 0 amide bonds. The molecule has 0 bridgehead atoms. The zero-order valence-electron chi connectivity index (χ0n) is 12.9. The van der Waals surface area contributed by atoms with Gasteiger partial charge < -0.3 is 4.79 Å². The fraction of sp³-hybridized carbons (Fsp3) is 0.105. The number of hydrogen-bond acceptors (Lipinski definition) is 4. The van der Waals surface area contributed by atoms with E-state index in [-0.39, 0.29) is 0 Å². The van der Waals surface area contributed by atoms with Crippen LogP contribution in [0.15, 0.2) is 66.0 Å². The summed E-state index contributed by atoms with van der Waals surface area (Å²) in [5.74, 6) is 0. The van der Waals surface area contributed by atoms with Crippen LogP contribution in [-0.4, -0.2) is 22.2 Å². The van der Waals surface area contributed by atoms with Crippen LogP contribution in [-0.2, 0) is 11.2 Å². The van der Waals surface area contributed by atoms with Gasteiger partial charge in [0.15, 0.2) is 0 Å². The van der Waals surface area contributed by atoms with Crippen LogP contribution in [0.3, 0.4) is 0 Å². The smallest absolute Gasteiger partial charge is 0.148 e. The van der Waals surface area contributed by atoms with E-state index in [1.165, 1.54) is 5.56 Å². The second-order valence-electron chi connectivity index (χ2n) is 5.75. The van der Waals surface area contributed by atoms with Gasteiger partial charge in [0.2, 0.25) is 0 Å². The lowest BCUT2D eigenvalue weighted by Crippen LogP contribution is -2.28. The van der Waals surface area contributed by atoms with Gasteiger partial charge in [0, 0.05) is 23.7 Å². The highest BCUT2D eigenvalue weighted by Crippen LogP contribution is 2.28. The SMILES string of the molecule is O=CC1NN=C(Cc2ccccc2)c2cc(-c3cn[nH]c3)ccc21. The van der Waals surface area contributed by atoms with Crippen LogP contribution >= 0.6 is 0 Å². The van der Waals surface area contributed by atoms with Gasteiger partial charge in [-0.2, -0.15) is 10.2 Å². The molecular weight excluding hydrogens is 300 g/mol. The van der Waals surface area contributed by atoms with Gasteiger partial charge in [-0.3, -0.25) is 10.5 Å². The van der Waals surface area contributed by atoms with Crippen LogP contribution < -0.4 is 5.43 Å². The fourth-order valence-corrected chi connectivity index (χ4v) is 2.97. The Bertz CT molecular complexity index is 885. The second kappa shape index (κ2) is 6.12. The molecule has 5 nitrogen and oxygen atoms in total. The minimum atomic E-state index is -0.405. The Balaban J connectivity index is 1.77.